The fourth-order valence-corrected chi connectivity index (χ4v) is 2.50. The highest BCUT2D eigenvalue weighted by atomic mass is 35.5. The Morgan fingerprint density at radius 1 is 1.19 bits per heavy atom. The predicted molar refractivity (Wildman–Crippen MR) is 76.3 cm³/mol. The molecule has 1 fully saturated rings. The number of carbonyl (C=O) groups excluding carboxylic acids is 1. The van der Waals surface area contributed by atoms with Gasteiger partial charge in [-0.25, -0.2) is 0 Å². The summed E-state index contributed by atoms with van der Waals surface area (Å²) < 4.78 is 5.33. The van der Waals surface area contributed by atoms with Crippen LogP contribution < -0.4 is 0 Å². The van der Waals surface area contributed by atoms with Gasteiger partial charge in [0.2, 0.25) is 10.8 Å². The Labute approximate surface area is 125 Å². The van der Waals surface area contributed by atoms with Gasteiger partial charge in [0.25, 0.3) is 5.69 Å². The molecule has 6 heteroatoms. The zero-order chi connectivity index (χ0) is 15.0. The fraction of sp³-hybridized carbons (Fsp3) is 0.133. The maximum Gasteiger partial charge on any atom is 0.269 e. The van der Waals surface area contributed by atoms with Crippen LogP contribution in [0.25, 0.3) is 0 Å². The summed E-state index contributed by atoms with van der Waals surface area (Å²) in [4.78, 5) is 22.6. The molecule has 2 aromatic carbocycles. The second-order valence-electron chi connectivity index (χ2n) is 4.69. The van der Waals surface area contributed by atoms with Crippen molar-refractivity contribution < 1.29 is 14.5 Å². The summed E-state index contributed by atoms with van der Waals surface area (Å²) in [5.74, 6) is -0.346. The first-order chi connectivity index (χ1) is 10.0. The van der Waals surface area contributed by atoms with Crippen molar-refractivity contribution >= 4 is 23.1 Å². The molecule has 5 nitrogen and oxygen atoms in total. The van der Waals surface area contributed by atoms with Crippen molar-refractivity contribution in [3.63, 3.8) is 0 Å². The van der Waals surface area contributed by atoms with E-state index in [2.05, 4.69) is 0 Å². The molecule has 0 aliphatic carbocycles. The highest BCUT2D eigenvalue weighted by Gasteiger charge is 2.62. The van der Waals surface area contributed by atoms with Crippen molar-refractivity contribution in [3.8, 4) is 0 Å². The number of rotatable bonds is 4. The number of benzene rings is 2. The lowest BCUT2D eigenvalue weighted by atomic mass is 10.0. The van der Waals surface area contributed by atoms with Crippen LogP contribution in [0, 0.1) is 10.1 Å². The SMILES string of the molecule is O=C(c1ccccc1)C1(Cl)OC1c1cccc([N+](=O)[O-])c1. The van der Waals surface area contributed by atoms with Gasteiger partial charge in [0.05, 0.1) is 4.92 Å². The Morgan fingerprint density at radius 3 is 2.57 bits per heavy atom. The molecule has 2 unspecified atom stereocenters. The van der Waals surface area contributed by atoms with Crippen LogP contribution in [0.3, 0.4) is 0 Å². The minimum Gasteiger partial charge on any atom is -0.337 e. The summed E-state index contributed by atoms with van der Waals surface area (Å²) in [5.41, 5.74) is 0.901. The minimum absolute atomic E-state index is 0.0609. The van der Waals surface area contributed by atoms with E-state index in [0.29, 0.717) is 11.1 Å². The van der Waals surface area contributed by atoms with E-state index in [1.54, 1.807) is 42.5 Å². The van der Waals surface area contributed by atoms with Gasteiger partial charge in [-0.3, -0.25) is 14.9 Å². The average molecular weight is 304 g/mol. The number of alkyl halides is 1. The number of ether oxygens (including phenoxy) is 1. The van der Waals surface area contributed by atoms with Gasteiger partial charge < -0.3 is 4.74 Å². The number of nitro benzene ring substituents is 1. The smallest absolute Gasteiger partial charge is 0.269 e. The molecule has 0 spiro atoms. The topological polar surface area (TPSA) is 72.7 Å². The standard InChI is InChI=1S/C15H10ClNO4/c16-15(13(18)10-5-2-1-3-6-10)14(21-15)11-7-4-8-12(9-11)17(19)20/h1-9,14H. The summed E-state index contributed by atoms with van der Waals surface area (Å²) in [6, 6.07) is 14.5. The molecular weight excluding hydrogens is 294 g/mol. The molecule has 0 radical (unpaired) electrons. The minimum atomic E-state index is -1.48. The number of nitrogens with zero attached hydrogens (tertiary/aromatic N) is 1. The Balaban J connectivity index is 1.86. The number of Topliss-reactive ketones (excluding diaryl/α,β-unsaturated/α-hetero) is 1. The number of epoxide rings is 1. The van der Waals surface area contributed by atoms with Crippen LogP contribution in [0.5, 0.6) is 0 Å². The lowest BCUT2D eigenvalue weighted by Gasteiger charge is -2.03. The number of ketones is 1. The molecule has 21 heavy (non-hydrogen) atoms. The zero-order valence-corrected chi connectivity index (χ0v) is 11.5. The molecule has 1 aliphatic rings. The summed E-state index contributed by atoms with van der Waals surface area (Å²) >= 11 is 6.22. The van der Waals surface area contributed by atoms with E-state index < -0.39 is 16.1 Å². The third-order valence-electron chi connectivity index (χ3n) is 3.30. The lowest BCUT2D eigenvalue weighted by molar-refractivity contribution is -0.384. The lowest BCUT2D eigenvalue weighted by Crippen LogP contribution is -2.18. The normalized spacial score (nSPS) is 23.6. The van der Waals surface area contributed by atoms with Crippen LogP contribution >= 0.6 is 11.6 Å². The van der Waals surface area contributed by atoms with E-state index in [1.807, 2.05) is 0 Å². The molecule has 1 heterocycles. The van der Waals surface area contributed by atoms with E-state index in [-0.39, 0.29) is 11.5 Å². The average Bonchev–Trinajstić information content (AvgIpc) is 3.21. The summed E-state index contributed by atoms with van der Waals surface area (Å²) in [5, 5.41) is 9.30. The summed E-state index contributed by atoms with van der Waals surface area (Å²) in [7, 11) is 0. The molecule has 0 amide bonds. The third kappa shape index (κ3) is 2.41. The van der Waals surface area contributed by atoms with Gasteiger partial charge in [-0.2, -0.15) is 0 Å². The van der Waals surface area contributed by atoms with Gasteiger partial charge >= 0.3 is 0 Å². The molecule has 1 aliphatic heterocycles. The van der Waals surface area contributed by atoms with E-state index in [4.69, 9.17) is 16.3 Å². The first-order valence-corrected chi connectivity index (χ1v) is 6.61. The van der Waals surface area contributed by atoms with Gasteiger partial charge in [0.15, 0.2) is 0 Å². The van der Waals surface area contributed by atoms with Gasteiger partial charge in [0, 0.05) is 17.7 Å². The number of carbonyl (C=O) groups is 1. The number of non-ortho nitro benzene ring substituents is 1. The molecule has 2 aromatic rings. The van der Waals surface area contributed by atoms with Crippen molar-refractivity contribution in [3.05, 3.63) is 75.8 Å². The summed E-state index contributed by atoms with van der Waals surface area (Å²) in [6.45, 7) is 0. The number of nitro groups is 1. The number of hydrogen-bond donors (Lipinski definition) is 0. The summed E-state index contributed by atoms with van der Waals surface area (Å²) in [6.07, 6.45) is -0.674. The highest BCUT2D eigenvalue weighted by molar-refractivity contribution is 6.39. The first kappa shape index (κ1) is 13.7. The largest absolute Gasteiger partial charge is 0.337 e. The third-order valence-corrected chi connectivity index (χ3v) is 3.76. The Morgan fingerprint density at radius 2 is 1.90 bits per heavy atom. The second-order valence-corrected chi connectivity index (χ2v) is 5.25. The van der Waals surface area contributed by atoms with Gasteiger partial charge in [-0.1, -0.05) is 54.1 Å². The van der Waals surface area contributed by atoms with Crippen molar-refractivity contribution in [1.82, 2.24) is 0 Å². The highest BCUT2D eigenvalue weighted by Crippen LogP contribution is 2.54. The van der Waals surface area contributed by atoms with Crippen molar-refractivity contribution in [2.75, 3.05) is 0 Å². The number of halogens is 1. The zero-order valence-electron chi connectivity index (χ0n) is 10.7. The molecule has 1 saturated heterocycles. The van der Waals surface area contributed by atoms with Crippen LogP contribution in [-0.4, -0.2) is 15.8 Å². The monoisotopic (exact) mass is 303 g/mol. The van der Waals surface area contributed by atoms with Gasteiger partial charge in [-0.05, 0) is 5.56 Å². The molecule has 0 N–H and O–H groups in total. The molecule has 2 atom stereocenters. The Kier molecular flexibility index (Phi) is 3.23. The predicted octanol–water partition coefficient (Wildman–Crippen LogP) is 3.48. The van der Waals surface area contributed by atoms with E-state index in [9.17, 15) is 14.9 Å². The molecule has 0 saturated carbocycles. The van der Waals surface area contributed by atoms with E-state index in [1.165, 1.54) is 12.1 Å². The van der Waals surface area contributed by atoms with Crippen LogP contribution in [0.1, 0.15) is 22.0 Å². The second kappa shape index (κ2) is 4.95. The van der Waals surface area contributed by atoms with E-state index >= 15 is 0 Å². The van der Waals surface area contributed by atoms with Gasteiger partial charge in [-0.15, -0.1) is 0 Å². The van der Waals surface area contributed by atoms with Crippen LogP contribution in [0.4, 0.5) is 5.69 Å². The molecule has 0 aromatic heterocycles. The fourth-order valence-electron chi connectivity index (χ4n) is 2.18. The first-order valence-electron chi connectivity index (χ1n) is 6.23. The van der Waals surface area contributed by atoms with Crippen LogP contribution in [0.2, 0.25) is 0 Å². The molecule has 0 bridgehead atoms. The Bertz CT molecular complexity index is 719. The molecule has 106 valence electrons. The van der Waals surface area contributed by atoms with Gasteiger partial charge in [0.1, 0.15) is 6.10 Å². The Hall–Kier alpha value is -2.24. The van der Waals surface area contributed by atoms with Crippen molar-refractivity contribution in [2.24, 2.45) is 0 Å². The van der Waals surface area contributed by atoms with Crippen LogP contribution in [-0.2, 0) is 4.74 Å². The van der Waals surface area contributed by atoms with E-state index in [0.717, 1.165) is 0 Å². The maximum absolute atomic E-state index is 12.3. The van der Waals surface area contributed by atoms with Crippen LogP contribution in [0.15, 0.2) is 54.6 Å². The number of hydrogen-bond acceptors (Lipinski definition) is 4. The van der Waals surface area contributed by atoms with Crippen molar-refractivity contribution in [1.29, 1.82) is 0 Å². The molecule has 3 rings (SSSR count). The quantitative estimate of drug-likeness (QED) is 0.285. The van der Waals surface area contributed by atoms with Crippen molar-refractivity contribution in [2.45, 2.75) is 11.2 Å². The molecular formula is C15H10ClNO4. The maximum atomic E-state index is 12.3.